The Morgan fingerprint density at radius 2 is 2.05 bits per heavy atom. The fourth-order valence-corrected chi connectivity index (χ4v) is 2.86. The first kappa shape index (κ1) is 13.6. The van der Waals surface area contributed by atoms with Gasteiger partial charge in [0.2, 0.25) is 0 Å². The number of ether oxygens (including phenoxy) is 2. The van der Waals surface area contributed by atoms with Crippen molar-refractivity contribution in [3.8, 4) is 11.5 Å². The summed E-state index contributed by atoms with van der Waals surface area (Å²) in [4.78, 5) is 14.3. The molecule has 5 heteroatoms. The van der Waals surface area contributed by atoms with E-state index in [1.54, 1.807) is 18.2 Å². The van der Waals surface area contributed by atoms with Crippen molar-refractivity contribution in [2.75, 3.05) is 26.3 Å². The molecular formula is C15H18ClNO3. The van der Waals surface area contributed by atoms with E-state index in [1.165, 1.54) is 0 Å². The van der Waals surface area contributed by atoms with Gasteiger partial charge >= 0.3 is 0 Å². The molecule has 2 aliphatic heterocycles. The number of carbonyl (C=O) groups excluding carboxylic acids is 1. The van der Waals surface area contributed by atoms with Gasteiger partial charge in [0.25, 0.3) is 5.91 Å². The van der Waals surface area contributed by atoms with Gasteiger partial charge in [0.05, 0.1) is 5.38 Å². The second-order valence-corrected chi connectivity index (χ2v) is 5.95. The summed E-state index contributed by atoms with van der Waals surface area (Å²) in [5.74, 6) is 1.82. The SMILES string of the molecule is CC1CCN(C(=O)c2ccc3c(c2)OCCO3)CC1Cl. The van der Waals surface area contributed by atoms with Crippen molar-refractivity contribution in [1.82, 2.24) is 4.90 Å². The second kappa shape index (κ2) is 5.52. The van der Waals surface area contributed by atoms with Crippen molar-refractivity contribution in [3.05, 3.63) is 23.8 Å². The van der Waals surface area contributed by atoms with Crippen molar-refractivity contribution in [1.29, 1.82) is 0 Å². The third-order valence-corrected chi connectivity index (χ3v) is 4.51. The molecule has 0 aromatic heterocycles. The van der Waals surface area contributed by atoms with E-state index in [1.807, 2.05) is 4.90 Å². The topological polar surface area (TPSA) is 38.8 Å². The van der Waals surface area contributed by atoms with Crippen LogP contribution in [-0.4, -0.2) is 42.5 Å². The van der Waals surface area contributed by atoms with Gasteiger partial charge in [-0.05, 0) is 30.5 Å². The van der Waals surface area contributed by atoms with E-state index in [-0.39, 0.29) is 11.3 Å². The maximum absolute atomic E-state index is 12.5. The molecule has 2 heterocycles. The molecular weight excluding hydrogens is 278 g/mol. The predicted molar refractivity (Wildman–Crippen MR) is 76.8 cm³/mol. The van der Waals surface area contributed by atoms with Crippen molar-refractivity contribution in [2.45, 2.75) is 18.7 Å². The van der Waals surface area contributed by atoms with Crippen LogP contribution in [0.4, 0.5) is 0 Å². The van der Waals surface area contributed by atoms with E-state index < -0.39 is 0 Å². The van der Waals surface area contributed by atoms with E-state index in [0.29, 0.717) is 42.7 Å². The van der Waals surface area contributed by atoms with Gasteiger partial charge in [0, 0.05) is 18.7 Å². The molecule has 1 aromatic rings. The standard InChI is InChI=1S/C15H18ClNO3/c1-10-4-5-17(9-12(10)16)15(18)11-2-3-13-14(8-11)20-7-6-19-13/h2-3,8,10,12H,4-7,9H2,1H3. The molecule has 108 valence electrons. The van der Waals surface area contributed by atoms with Crippen LogP contribution in [0.2, 0.25) is 0 Å². The summed E-state index contributed by atoms with van der Waals surface area (Å²) in [6, 6.07) is 5.35. The summed E-state index contributed by atoms with van der Waals surface area (Å²) in [5, 5.41) is 0.0323. The van der Waals surface area contributed by atoms with Crippen molar-refractivity contribution in [3.63, 3.8) is 0 Å². The van der Waals surface area contributed by atoms with E-state index >= 15 is 0 Å². The van der Waals surface area contributed by atoms with Crippen LogP contribution in [0, 0.1) is 5.92 Å². The summed E-state index contributed by atoms with van der Waals surface area (Å²) in [6.45, 7) is 4.57. The minimum atomic E-state index is 0.0134. The van der Waals surface area contributed by atoms with Crippen LogP contribution in [-0.2, 0) is 0 Å². The summed E-state index contributed by atoms with van der Waals surface area (Å²) in [6.07, 6.45) is 0.949. The zero-order valence-electron chi connectivity index (χ0n) is 11.5. The van der Waals surface area contributed by atoms with Crippen molar-refractivity contribution >= 4 is 17.5 Å². The Bertz CT molecular complexity index is 520. The van der Waals surface area contributed by atoms with Crippen LogP contribution in [0.25, 0.3) is 0 Å². The maximum atomic E-state index is 12.5. The third kappa shape index (κ3) is 2.57. The van der Waals surface area contributed by atoms with Crippen LogP contribution in [0.3, 0.4) is 0 Å². The van der Waals surface area contributed by atoms with E-state index in [0.717, 1.165) is 13.0 Å². The summed E-state index contributed by atoms with van der Waals surface area (Å²) < 4.78 is 11.0. The Morgan fingerprint density at radius 3 is 2.80 bits per heavy atom. The van der Waals surface area contributed by atoms with Gasteiger partial charge in [-0.25, -0.2) is 0 Å². The molecule has 0 bridgehead atoms. The van der Waals surface area contributed by atoms with Gasteiger partial charge in [-0.2, -0.15) is 0 Å². The first-order chi connectivity index (χ1) is 9.65. The maximum Gasteiger partial charge on any atom is 0.254 e. The molecule has 1 amide bonds. The lowest BCUT2D eigenvalue weighted by atomic mass is 9.98. The molecule has 0 N–H and O–H groups in total. The molecule has 2 atom stereocenters. The highest BCUT2D eigenvalue weighted by Gasteiger charge is 2.28. The van der Waals surface area contributed by atoms with Crippen molar-refractivity contribution in [2.24, 2.45) is 5.92 Å². The van der Waals surface area contributed by atoms with Crippen LogP contribution >= 0.6 is 11.6 Å². The van der Waals surface area contributed by atoms with Gasteiger partial charge in [0.15, 0.2) is 11.5 Å². The first-order valence-corrected chi connectivity index (χ1v) is 7.42. The number of amides is 1. The Morgan fingerprint density at radius 1 is 1.30 bits per heavy atom. The van der Waals surface area contributed by atoms with Crippen LogP contribution in [0.1, 0.15) is 23.7 Å². The van der Waals surface area contributed by atoms with Gasteiger partial charge in [0.1, 0.15) is 13.2 Å². The minimum absolute atomic E-state index is 0.0134. The number of benzene rings is 1. The van der Waals surface area contributed by atoms with Gasteiger partial charge in [-0.15, -0.1) is 11.6 Å². The number of halogens is 1. The number of nitrogens with zero attached hydrogens (tertiary/aromatic N) is 1. The molecule has 3 rings (SSSR count). The Labute approximate surface area is 123 Å². The number of fused-ring (bicyclic) bond motifs is 1. The quantitative estimate of drug-likeness (QED) is 0.748. The smallest absolute Gasteiger partial charge is 0.254 e. The third-order valence-electron chi connectivity index (χ3n) is 3.94. The summed E-state index contributed by atoms with van der Waals surface area (Å²) in [5.41, 5.74) is 0.632. The van der Waals surface area contributed by atoms with Gasteiger partial charge in [-0.1, -0.05) is 6.92 Å². The molecule has 0 spiro atoms. The monoisotopic (exact) mass is 295 g/mol. The summed E-state index contributed by atoms with van der Waals surface area (Å²) >= 11 is 6.27. The number of hydrogen-bond donors (Lipinski definition) is 0. The largest absolute Gasteiger partial charge is 0.486 e. The molecule has 1 fully saturated rings. The molecule has 4 nitrogen and oxygen atoms in total. The second-order valence-electron chi connectivity index (χ2n) is 5.39. The molecule has 20 heavy (non-hydrogen) atoms. The number of piperidine rings is 1. The average Bonchev–Trinajstić information content (AvgIpc) is 2.49. The highest BCUT2D eigenvalue weighted by molar-refractivity contribution is 6.21. The molecule has 2 aliphatic rings. The fourth-order valence-electron chi connectivity index (χ4n) is 2.57. The normalized spacial score (nSPS) is 25.4. The van der Waals surface area contributed by atoms with Gasteiger partial charge < -0.3 is 14.4 Å². The molecule has 1 aromatic carbocycles. The highest BCUT2D eigenvalue weighted by atomic mass is 35.5. The number of hydrogen-bond acceptors (Lipinski definition) is 3. The summed E-state index contributed by atoms with van der Waals surface area (Å²) in [7, 11) is 0. The minimum Gasteiger partial charge on any atom is -0.486 e. The van der Waals surface area contributed by atoms with E-state index in [9.17, 15) is 4.79 Å². The highest BCUT2D eigenvalue weighted by Crippen LogP contribution is 2.31. The van der Waals surface area contributed by atoms with E-state index in [2.05, 4.69) is 6.92 Å². The van der Waals surface area contributed by atoms with Crippen LogP contribution < -0.4 is 9.47 Å². The van der Waals surface area contributed by atoms with Gasteiger partial charge in [-0.3, -0.25) is 4.79 Å². The van der Waals surface area contributed by atoms with Crippen LogP contribution in [0.15, 0.2) is 18.2 Å². The molecule has 1 saturated heterocycles. The number of rotatable bonds is 1. The Hall–Kier alpha value is -1.42. The van der Waals surface area contributed by atoms with Crippen molar-refractivity contribution < 1.29 is 14.3 Å². The molecule has 0 radical (unpaired) electrons. The average molecular weight is 296 g/mol. The lowest BCUT2D eigenvalue weighted by Gasteiger charge is -2.34. The number of alkyl halides is 1. The molecule has 0 aliphatic carbocycles. The number of likely N-dealkylation sites (tertiary alicyclic amines) is 1. The van der Waals surface area contributed by atoms with Crippen LogP contribution in [0.5, 0.6) is 11.5 Å². The lowest BCUT2D eigenvalue weighted by molar-refractivity contribution is 0.0700. The number of carbonyl (C=O) groups is 1. The Balaban J connectivity index is 1.77. The molecule has 2 unspecified atom stereocenters. The zero-order chi connectivity index (χ0) is 14.1. The molecule has 0 saturated carbocycles. The van der Waals surface area contributed by atoms with E-state index in [4.69, 9.17) is 21.1 Å². The first-order valence-electron chi connectivity index (χ1n) is 6.98. The predicted octanol–water partition coefficient (Wildman–Crippen LogP) is 2.55. The lowest BCUT2D eigenvalue weighted by Crippen LogP contribution is -2.43. The zero-order valence-corrected chi connectivity index (χ0v) is 12.2. The fraction of sp³-hybridized carbons (Fsp3) is 0.533. The Kier molecular flexibility index (Phi) is 3.74.